The van der Waals surface area contributed by atoms with E-state index < -0.39 is 8.07 Å². The van der Waals surface area contributed by atoms with Crippen molar-refractivity contribution >= 4 is 23.6 Å². The predicted molar refractivity (Wildman–Crippen MR) is 98.5 cm³/mol. The Morgan fingerprint density at radius 3 is 1.30 bits per heavy atom. The van der Waals surface area contributed by atoms with Crippen molar-refractivity contribution in [2.45, 2.75) is 12.1 Å². The maximum Gasteiger partial charge on any atom is 0.150 e. The van der Waals surface area contributed by atoms with Gasteiger partial charge in [-0.3, -0.25) is 0 Å². The van der Waals surface area contributed by atoms with Gasteiger partial charge in [0.05, 0.1) is 12.7 Å². The fourth-order valence-corrected chi connectivity index (χ4v) is 8.46. The lowest BCUT2D eigenvalue weighted by Gasteiger charge is -2.33. The maximum absolute atomic E-state index is 5.66. The summed E-state index contributed by atoms with van der Waals surface area (Å²) in [5.74, 6) is 0. The van der Waals surface area contributed by atoms with Crippen molar-refractivity contribution < 1.29 is 4.74 Å². The third kappa shape index (κ3) is 2.76. The van der Waals surface area contributed by atoms with Crippen LogP contribution < -0.4 is 15.6 Å². The monoisotopic (exact) mass is 316 g/mol. The SMILES string of the molecule is c1ccc([Si](CC2CO2)(c2ccccc2)c2ccccc2)cc1. The summed E-state index contributed by atoms with van der Waals surface area (Å²) in [4.78, 5) is 0. The maximum atomic E-state index is 5.66. The molecule has 0 aromatic heterocycles. The first-order chi connectivity index (χ1) is 11.4. The van der Waals surface area contributed by atoms with Crippen LogP contribution in [-0.4, -0.2) is 20.8 Å². The third-order valence-electron chi connectivity index (χ3n) is 4.74. The van der Waals surface area contributed by atoms with Crippen LogP contribution in [0.3, 0.4) is 0 Å². The Hall–Kier alpha value is -2.16. The highest BCUT2D eigenvalue weighted by atomic mass is 28.3. The number of benzene rings is 3. The van der Waals surface area contributed by atoms with Crippen LogP contribution in [-0.2, 0) is 4.74 Å². The molecule has 3 aromatic carbocycles. The van der Waals surface area contributed by atoms with E-state index >= 15 is 0 Å². The number of hydrogen-bond donors (Lipinski definition) is 0. The van der Waals surface area contributed by atoms with Gasteiger partial charge < -0.3 is 4.74 Å². The molecule has 0 bridgehead atoms. The highest BCUT2D eigenvalue weighted by Gasteiger charge is 2.44. The molecule has 3 aromatic rings. The van der Waals surface area contributed by atoms with Gasteiger partial charge in [-0.05, 0) is 21.6 Å². The lowest BCUT2D eigenvalue weighted by molar-refractivity contribution is 0.422. The molecule has 0 aliphatic carbocycles. The fraction of sp³-hybridized carbons (Fsp3) is 0.143. The zero-order chi connectivity index (χ0) is 15.5. The Bertz CT molecular complexity index is 655. The molecule has 0 spiro atoms. The molecule has 0 saturated carbocycles. The second kappa shape index (κ2) is 6.15. The molecule has 1 heterocycles. The molecule has 1 saturated heterocycles. The van der Waals surface area contributed by atoms with E-state index in [4.69, 9.17) is 4.74 Å². The average molecular weight is 316 g/mol. The molecule has 1 unspecified atom stereocenters. The van der Waals surface area contributed by atoms with E-state index in [1.165, 1.54) is 15.6 Å². The zero-order valence-electron chi connectivity index (χ0n) is 13.1. The van der Waals surface area contributed by atoms with E-state index in [9.17, 15) is 0 Å². The van der Waals surface area contributed by atoms with Gasteiger partial charge in [-0.1, -0.05) is 91.0 Å². The summed E-state index contributed by atoms with van der Waals surface area (Å²) < 4.78 is 5.66. The molecular formula is C21H20OSi. The van der Waals surface area contributed by atoms with Gasteiger partial charge in [0, 0.05) is 0 Å². The van der Waals surface area contributed by atoms with E-state index in [0.29, 0.717) is 6.10 Å². The van der Waals surface area contributed by atoms with Crippen LogP contribution in [0.15, 0.2) is 91.0 Å². The highest BCUT2D eigenvalue weighted by molar-refractivity contribution is 7.11. The van der Waals surface area contributed by atoms with Gasteiger partial charge in [0.15, 0.2) is 8.07 Å². The molecule has 1 aliphatic heterocycles. The van der Waals surface area contributed by atoms with Crippen molar-refractivity contribution in [2.75, 3.05) is 6.61 Å². The predicted octanol–water partition coefficient (Wildman–Crippen LogP) is 2.56. The fourth-order valence-electron chi connectivity index (χ4n) is 3.55. The molecule has 1 aliphatic rings. The first-order valence-corrected chi connectivity index (χ1v) is 10.4. The summed E-state index contributed by atoms with van der Waals surface area (Å²) in [6.45, 7) is 0.904. The van der Waals surface area contributed by atoms with Crippen molar-refractivity contribution in [1.29, 1.82) is 0 Å². The van der Waals surface area contributed by atoms with Crippen LogP contribution in [0.25, 0.3) is 0 Å². The molecule has 114 valence electrons. The first-order valence-electron chi connectivity index (χ1n) is 8.18. The normalized spacial score (nSPS) is 17.0. The number of ether oxygens (including phenoxy) is 1. The molecule has 1 fully saturated rings. The Morgan fingerprint density at radius 1 is 0.652 bits per heavy atom. The molecule has 0 radical (unpaired) electrons. The van der Waals surface area contributed by atoms with Crippen LogP contribution in [0.4, 0.5) is 0 Å². The van der Waals surface area contributed by atoms with E-state index in [-0.39, 0.29) is 0 Å². The summed E-state index contributed by atoms with van der Waals surface area (Å²) in [5.41, 5.74) is 0. The Balaban J connectivity index is 1.97. The van der Waals surface area contributed by atoms with Crippen molar-refractivity contribution in [3.05, 3.63) is 91.0 Å². The molecule has 0 amide bonds. The van der Waals surface area contributed by atoms with Crippen molar-refractivity contribution in [2.24, 2.45) is 0 Å². The largest absolute Gasteiger partial charge is 0.373 e. The second-order valence-electron chi connectivity index (χ2n) is 6.16. The highest BCUT2D eigenvalue weighted by Crippen LogP contribution is 2.23. The Morgan fingerprint density at radius 2 is 1.00 bits per heavy atom. The topological polar surface area (TPSA) is 12.5 Å². The zero-order valence-corrected chi connectivity index (χ0v) is 14.1. The van der Waals surface area contributed by atoms with Gasteiger partial charge in [0.25, 0.3) is 0 Å². The smallest absolute Gasteiger partial charge is 0.150 e. The van der Waals surface area contributed by atoms with Crippen LogP contribution in [0.2, 0.25) is 6.04 Å². The second-order valence-corrected chi connectivity index (χ2v) is 10.1. The van der Waals surface area contributed by atoms with Gasteiger partial charge in [-0.25, -0.2) is 0 Å². The van der Waals surface area contributed by atoms with Gasteiger partial charge in [0.2, 0.25) is 0 Å². The van der Waals surface area contributed by atoms with E-state index in [1.54, 1.807) is 0 Å². The standard InChI is InChI=1S/C21H20OSi/c1-4-10-19(11-5-1)23(17-18-16-22-18,20-12-6-2-7-13-20)21-14-8-3-9-15-21/h1-15,18H,16-17H2. The first kappa shape index (κ1) is 14.4. The van der Waals surface area contributed by atoms with Crippen LogP contribution in [0.1, 0.15) is 0 Å². The Labute approximate surface area is 138 Å². The quantitative estimate of drug-likeness (QED) is 0.400. The molecule has 0 N–H and O–H groups in total. The van der Waals surface area contributed by atoms with Gasteiger partial charge in [-0.15, -0.1) is 0 Å². The van der Waals surface area contributed by atoms with Crippen molar-refractivity contribution in [1.82, 2.24) is 0 Å². The molecule has 2 heteroatoms. The molecule has 1 nitrogen and oxygen atoms in total. The van der Waals surface area contributed by atoms with Gasteiger partial charge in [0.1, 0.15) is 0 Å². The molecule has 23 heavy (non-hydrogen) atoms. The lowest BCUT2D eigenvalue weighted by atomic mass is 10.3. The minimum atomic E-state index is -2.05. The molecule has 4 rings (SSSR count). The summed E-state index contributed by atoms with van der Waals surface area (Å²) in [7, 11) is -2.05. The minimum absolute atomic E-state index is 0.405. The van der Waals surface area contributed by atoms with Crippen LogP contribution in [0.5, 0.6) is 0 Å². The van der Waals surface area contributed by atoms with Crippen molar-refractivity contribution in [3.8, 4) is 0 Å². The molecule has 1 atom stereocenters. The van der Waals surface area contributed by atoms with Gasteiger partial charge >= 0.3 is 0 Å². The van der Waals surface area contributed by atoms with Crippen LogP contribution >= 0.6 is 0 Å². The third-order valence-corrected chi connectivity index (χ3v) is 9.76. The number of epoxide rings is 1. The average Bonchev–Trinajstić information content (AvgIpc) is 3.46. The molecular weight excluding hydrogens is 296 g/mol. The summed E-state index contributed by atoms with van der Waals surface area (Å²) >= 11 is 0. The summed E-state index contributed by atoms with van der Waals surface area (Å²) in [5, 5.41) is 4.40. The van der Waals surface area contributed by atoms with E-state index in [0.717, 1.165) is 12.7 Å². The van der Waals surface area contributed by atoms with E-state index in [2.05, 4.69) is 91.0 Å². The number of rotatable bonds is 5. The van der Waals surface area contributed by atoms with Crippen molar-refractivity contribution in [3.63, 3.8) is 0 Å². The summed E-state index contributed by atoms with van der Waals surface area (Å²) in [6, 6.07) is 34.2. The summed E-state index contributed by atoms with van der Waals surface area (Å²) in [6.07, 6.45) is 0.405. The Kier molecular flexibility index (Phi) is 3.86. The van der Waals surface area contributed by atoms with E-state index in [1.807, 2.05) is 0 Å². The number of hydrogen-bond acceptors (Lipinski definition) is 1. The van der Waals surface area contributed by atoms with Crippen LogP contribution in [0, 0.1) is 0 Å². The van der Waals surface area contributed by atoms with Gasteiger partial charge in [-0.2, -0.15) is 0 Å². The minimum Gasteiger partial charge on any atom is -0.373 e. The lowest BCUT2D eigenvalue weighted by Crippen LogP contribution is -2.67.